The van der Waals surface area contributed by atoms with Crippen molar-refractivity contribution >= 4 is 0 Å². The molecule has 0 aliphatic carbocycles. The van der Waals surface area contributed by atoms with Crippen molar-refractivity contribution in [2.45, 2.75) is 32.1 Å². The summed E-state index contributed by atoms with van der Waals surface area (Å²) in [5.74, 6) is 0.887. The van der Waals surface area contributed by atoms with Gasteiger partial charge in [0.1, 0.15) is 5.75 Å². The summed E-state index contributed by atoms with van der Waals surface area (Å²) in [5, 5.41) is 0. The molecule has 1 aliphatic heterocycles. The van der Waals surface area contributed by atoms with Crippen LogP contribution in [-0.4, -0.2) is 13.7 Å². The minimum atomic E-state index is 0.0109. The zero-order valence-corrected chi connectivity index (χ0v) is 12.0. The highest BCUT2D eigenvalue weighted by Crippen LogP contribution is 2.40. The number of allylic oxidation sites excluding steroid dienone is 2. The van der Waals surface area contributed by atoms with Gasteiger partial charge in [-0.3, -0.25) is 0 Å². The number of hydrogen-bond acceptors (Lipinski definition) is 2. The minimum absolute atomic E-state index is 0.0109. The van der Waals surface area contributed by atoms with E-state index >= 15 is 0 Å². The second kappa shape index (κ2) is 5.52. The van der Waals surface area contributed by atoms with Crippen molar-refractivity contribution in [3.63, 3.8) is 0 Å². The minimum Gasteiger partial charge on any atom is -0.500 e. The summed E-state index contributed by atoms with van der Waals surface area (Å²) in [6.07, 6.45) is 3.84. The zero-order valence-electron chi connectivity index (χ0n) is 12.0. The van der Waals surface area contributed by atoms with Crippen molar-refractivity contribution in [2.24, 2.45) is 0 Å². The van der Waals surface area contributed by atoms with Gasteiger partial charge in [0.25, 0.3) is 0 Å². The van der Waals surface area contributed by atoms with E-state index in [0.717, 1.165) is 18.6 Å². The Hall–Kier alpha value is -1.70. The van der Waals surface area contributed by atoms with Crippen molar-refractivity contribution < 1.29 is 9.47 Å². The first-order chi connectivity index (χ1) is 9.05. The van der Waals surface area contributed by atoms with Crippen molar-refractivity contribution in [1.29, 1.82) is 0 Å². The zero-order chi connectivity index (χ0) is 13.9. The Balaban J connectivity index is 2.36. The van der Waals surface area contributed by atoms with Crippen molar-refractivity contribution in [3.05, 3.63) is 53.8 Å². The third-order valence-electron chi connectivity index (χ3n) is 3.60. The van der Waals surface area contributed by atoms with Gasteiger partial charge in [-0.2, -0.15) is 0 Å². The van der Waals surface area contributed by atoms with Gasteiger partial charge in [-0.05, 0) is 50.0 Å². The number of benzene rings is 1. The molecule has 102 valence electrons. The summed E-state index contributed by atoms with van der Waals surface area (Å²) in [7, 11) is 1.69. The Morgan fingerprint density at radius 2 is 2.05 bits per heavy atom. The van der Waals surface area contributed by atoms with Crippen LogP contribution in [0.1, 0.15) is 32.3 Å². The Bertz CT molecular complexity index is 484. The van der Waals surface area contributed by atoms with Crippen LogP contribution in [0.3, 0.4) is 0 Å². The largest absolute Gasteiger partial charge is 0.500 e. The second-order valence-electron chi connectivity index (χ2n) is 5.59. The second-order valence-corrected chi connectivity index (χ2v) is 5.59. The van der Waals surface area contributed by atoms with Crippen LogP contribution in [0.5, 0.6) is 5.75 Å². The number of hydrogen-bond donors (Lipinski definition) is 0. The molecule has 0 bridgehead atoms. The Kier molecular flexibility index (Phi) is 3.98. The molecule has 0 saturated heterocycles. The Morgan fingerprint density at radius 1 is 1.37 bits per heavy atom. The van der Waals surface area contributed by atoms with Gasteiger partial charge in [0.05, 0.1) is 20.0 Å². The fraction of sp³-hybridized carbons (Fsp3) is 0.412. The number of ether oxygens (including phenoxy) is 2. The van der Waals surface area contributed by atoms with Gasteiger partial charge in [-0.1, -0.05) is 17.7 Å². The maximum absolute atomic E-state index is 5.68. The van der Waals surface area contributed by atoms with Gasteiger partial charge in [0.2, 0.25) is 0 Å². The third kappa shape index (κ3) is 3.01. The molecule has 0 fully saturated rings. The van der Waals surface area contributed by atoms with Gasteiger partial charge < -0.3 is 9.47 Å². The highest BCUT2D eigenvalue weighted by Gasteiger charge is 2.35. The molecule has 1 aliphatic rings. The molecule has 2 nitrogen and oxygen atoms in total. The maximum atomic E-state index is 5.68. The van der Waals surface area contributed by atoms with E-state index in [2.05, 4.69) is 32.6 Å². The highest BCUT2D eigenvalue weighted by atomic mass is 16.5. The summed E-state index contributed by atoms with van der Waals surface area (Å²) < 4.78 is 10.9. The molecule has 0 amide bonds. The van der Waals surface area contributed by atoms with E-state index in [-0.39, 0.29) is 5.41 Å². The van der Waals surface area contributed by atoms with E-state index < -0.39 is 0 Å². The summed E-state index contributed by atoms with van der Waals surface area (Å²) in [4.78, 5) is 0. The fourth-order valence-electron chi connectivity index (χ4n) is 2.89. The molecule has 19 heavy (non-hydrogen) atoms. The van der Waals surface area contributed by atoms with Crippen LogP contribution in [0, 0.1) is 0 Å². The molecule has 0 unspecified atom stereocenters. The predicted molar refractivity (Wildman–Crippen MR) is 78.4 cm³/mol. The van der Waals surface area contributed by atoms with Crippen molar-refractivity contribution in [2.75, 3.05) is 13.7 Å². The van der Waals surface area contributed by atoms with Crippen molar-refractivity contribution in [3.8, 4) is 5.75 Å². The molecule has 1 heterocycles. The van der Waals surface area contributed by atoms with Crippen molar-refractivity contribution in [1.82, 2.24) is 0 Å². The molecule has 1 aromatic rings. The van der Waals surface area contributed by atoms with Crippen LogP contribution < -0.4 is 4.74 Å². The Labute approximate surface area is 115 Å². The molecule has 0 aromatic heterocycles. The van der Waals surface area contributed by atoms with E-state index in [4.69, 9.17) is 9.47 Å². The molecule has 2 rings (SSSR count). The number of rotatable bonds is 4. The third-order valence-corrected chi connectivity index (χ3v) is 3.60. The van der Waals surface area contributed by atoms with Crippen LogP contribution in [0.25, 0.3) is 0 Å². The lowest BCUT2D eigenvalue weighted by molar-refractivity contribution is 0.141. The first-order valence-electron chi connectivity index (χ1n) is 6.62. The van der Waals surface area contributed by atoms with E-state index in [1.807, 2.05) is 18.4 Å². The van der Waals surface area contributed by atoms with Crippen LogP contribution in [-0.2, 0) is 10.2 Å². The van der Waals surface area contributed by atoms with Gasteiger partial charge in [0, 0.05) is 5.41 Å². The van der Waals surface area contributed by atoms with E-state index in [1.54, 1.807) is 7.11 Å². The summed E-state index contributed by atoms with van der Waals surface area (Å²) in [6, 6.07) is 8.32. The van der Waals surface area contributed by atoms with Crippen LogP contribution >= 0.6 is 0 Å². The van der Waals surface area contributed by atoms with E-state index in [0.29, 0.717) is 6.61 Å². The summed E-state index contributed by atoms with van der Waals surface area (Å²) >= 11 is 0. The lowest BCUT2D eigenvalue weighted by atomic mass is 9.71. The molecular weight excluding hydrogens is 236 g/mol. The molecule has 1 atom stereocenters. The molecule has 0 saturated carbocycles. The molecule has 1 aromatic carbocycles. The molecule has 0 N–H and O–H groups in total. The monoisotopic (exact) mass is 258 g/mol. The molecule has 2 heteroatoms. The van der Waals surface area contributed by atoms with Gasteiger partial charge in [0.15, 0.2) is 0 Å². The van der Waals surface area contributed by atoms with E-state index in [9.17, 15) is 0 Å². The first kappa shape index (κ1) is 13.7. The molecule has 0 radical (unpaired) electrons. The quantitative estimate of drug-likeness (QED) is 0.753. The lowest BCUT2D eigenvalue weighted by Crippen LogP contribution is -2.34. The first-order valence-corrected chi connectivity index (χ1v) is 6.62. The van der Waals surface area contributed by atoms with E-state index in [1.165, 1.54) is 16.7 Å². The van der Waals surface area contributed by atoms with Gasteiger partial charge in [-0.25, -0.2) is 0 Å². The highest BCUT2D eigenvalue weighted by molar-refractivity contribution is 5.35. The molecule has 0 spiro atoms. The maximum Gasteiger partial charge on any atom is 0.118 e. The fourth-order valence-corrected chi connectivity index (χ4v) is 2.89. The van der Waals surface area contributed by atoms with Crippen LogP contribution in [0.4, 0.5) is 0 Å². The standard InChI is InChI=1S/C17H22O2/c1-13(2)9-17(10-14(3)11-19-12-17)15-5-7-16(18-4)8-6-15/h5-8,11H,1,9-10,12H2,2-4H3/t17-/m1/s1. The predicted octanol–water partition coefficient (Wildman–Crippen LogP) is 4.22. The smallest absolute Gasteiger partial charge is 0.118 e. The van der Waals surface area contributed by atoms with Gasteiger partial charge in [-0.15, -0.1) is 6.58 Å². The van der Waals surface area contributed by atoms with Crippen LogP contribution in [0.15, 0.2) is 48.3 Å². The normalized spacial score (nSPS) is 22.4. The number of methoxy groups -OCH3 is 1. The van der Waals surface area contributed by atoms with Crippen LogP contribution in [0.2, 0.25) is 0 Å². The summed E-state index contributed by atoms with van der Waals surface area (Å²) in [6.45, 7) is 8.99. The molecular formula is C17H22O2. The van der Waals surface area contributed by atoms with Gasteiger partial charge >= 0.3 is 0 Å². The average Bonchev–Trinajstić information content (AvgIpc) is 2.38. The SMILES string of the molecule is C=C(C)C[C@]1(c2ccc(OC)cc2)COC=C(C)C1. The Morgan fingerprint density at radius 3 is 2.58 bits per heavy atom. The topological polar surface area (TPSA) is 18.5 Å². The summed E-state index contributed by atoms with van der Waals surface area (Å²) in [5.41, 5.74) is 3.78. The average molecular weight is 258 g/mol. The lowest BCUT2D eigenvalue weighted by Gasteiger charge is -2.37.